The molecule has 1 N–H and O–H groups in total. The number of carbonyl (C=O) groups is 1. The highest BCUT2D eigenvalue weighted by Crippen LogP contribution is 2.00. The first-order valence-corrected chi connectivity index (χ1v) is 4.76. The summed E-state index contributed by atoms with van der Waals surface area (Å²) in [5, 5.41) is 2.88. The molecule has 0 saturated carbocycles. The molecule has 1 aromatic rings. The van der Waals surface area contributed by atoms with Crippen molar-refractivity contribution >= 4 is 5.91 Å². The van der Waals surface area contributed by atoms with Gasteiger partial charge in [-0.1, -0.05) is 31.2 Å². The van der Waals surface area contributed by atoms with Crippen LogP contribution in [0.4, 0.5) is 0 Å². The molecule has 0 radical (unpaired) electrons. The molecule has 1 aromatic carbocycles. The fourth-order valence-electron chi connectivity index (χ4n) is 1.17. The maximum Gasteiger partial charge on any atom is 0.251 e. The summed E-state index contributed by atoms with van der Waals surface area (Å²) in [6.45, 7) is 5.68. The molecule has 0 aliphatic carbocycles. The van der Waals surface area contributed by atoms with E-state index in [1.54, 1.807) is 18.2 Å². The SMILES string of the molecule is C=CC(CC)NC(=O)c1ccccc1. The summed E-state index contributed by atoms with van der Waals surface area (Å²) < 4.78 is 0. The van der Waals surface area contributed by atoms with Gasteiger partial charge in [-0.05, 0) is 18.6 Å². The molecule has 0 aliphatic heterocycles. The van der Waals surface area contributed by atoms with Crippen LogP contribution in [0.2, 0.25) is 0 Å². The third-order valence-corrected chi connectivity index (χ3v) is 2.08. The Hall–Kier alpha value is -1.57. The summed E-state index contributed by atoms with van der Waals surface area (Å²) in [7, 11) is 0. The number of carbonyl (C=O) groups excluding carboxylic acids is 1. The van der Waals surface area contributed by atoms with Crippen molar-refractivity contribution in [1.82, 2.24) is 5.32 Å². The lowest BCUT2D eigenvalue weighted by molar-refractivity contribution is 0.0943. The highest BCUT2D eigenvalue weighted by atomic mass is 16.1. The second-order valence-electron chi connectivity index (χ2n) is 3.09. The lowest BCUT2D eigenvalue weighted by Gasteiger charge is -2.11. The van der Waals surface area contributed by atoms with Crippen LogP contribution in [0.1, 0.15) is 23.7 Å². The van der Waals surface area contributed by atoms with Crippen LogP contribution in [0.3, 0.4) is 0 Å². The van der Waals surface area contributed by atoms with Gasteiger partial charge in [0.2, 0.25) is 0 Å². The minimum atomic E-state index is -0.0441. The molecule has 1 atom stereocenters. The molecule has 0 heterocycles. The summed E-state index contributed by atoms with van der Waals surface area (Å²) in [6.07, 6.45) is 2.61. The standard InChI is InChI=1S/C12H15NO/c1-3-11(4-2)13-12(14)10-8-6-5-7-9-10/h3,5-9,11H,1,4H2,2H3,(H,13,14). The molecule has 0 spiro atoms. The van der Waals surface area contributed by atoms with E-state index in [0.29, 0.717) is 5.56 Å². The van der Waals surface area contributed by atoms with Gasteiger partial charge in [-0.15, -0.1) is 6.58 Å². The number of nitrogens with one attached hydrogen (secondary N) is 1. The number of benzene rings is 1. The van der Waals surface area contributed by atoms with Gasteiger partial charge in [-0.25, -0.2) is 0 Å². The van der Waals surface area contributed by atoms with Crippen molar-refractivity contribution in [1.29, 1.82) is 0 Å². The molecule has 14 heavy (non-hydrogen) atoms. The van der Waals surface area contributed by atoms with Crippen LogP contribution < -0.4 is 5.32 Å². The average Bonchev–Trinajstić information content (AvgIpc) is 2.26. The van der Waals surface area contributed by atoms with E-state index in [1.165, 1.54) is 0 Å². The lowest BCUT2D eigenvalue weighted by Crippen LogP contribution is -2.32. The second kappa shape index (κ2) is 5.22. The van der Waals surface area contributed by atoms with E-state index >= 15 is 0 Å². The molecular weight excluding hydrogens is 174 g/mol. The first-order chi connectivity index (χ1) is 6.77. The van der Waals surface area contributed by atoms with Crippen LogP contribution in [0.25, 0.3) is 0 Å². The third kappa shape index (κ3) is 2.73. The van der Waals surface area contributed by atoms with E-state index < -0.39 is 0 Å². The average molecular weight is 189 g/mol. The molecule has 2 heteroatoms. The third-order valence-electron chi connectivity index (χ3n) is 2.08. The first kappa shape index (κ1) is 10.5. The van der Waals surface area contributed by atoms with Gasteiger partial charge in [0.25, 0.3) is 5.91 Å². The molecule has 1 rings (SSSR count). The van der Waals surface area contributed by atoms with Crippen molar-refractivity contribution in [3.8, 4) is 0 Å². The van der Waals surface area contributed by atoms with E-state index in [2.05, 4.69) is 11.9 Å². The molecular formula is C12H15NO. The Labute approximate surface area is 84.6 Å². The fraction of sp³-hybridized carbons (Fsp3) is 0.250. The Balaban J connectivity index is 2.63. The van der Waals surface area contributed by atoms with Crippen molar-refractivity contribution < 1.29 is 4.79 Å². The zero-order valence-corrected chi connectivity index (χ0v) is 8.36. The van der Waals surface area contributed by atoms with Crippen LogP contribution in [0, 0.1) is 0 Å². The molecule has 0 fully saturated rings. The summed E-state index contributed by atoms with van der Waals surface area (Å²) in [5.74, 6) is -0.0441. The van der Waals surface area contributed by atoms with Crippen molar-refractivity contribution in [3.63, 3.8) is 0 Å². The monoisotopic (exact) mass is 189 g/mol. The van der Waals surface area contributed by atoms with Crippen LogP contribution in [0.15, 0.2) is 43.0 Å². The zero-order valence-electron chi connectivity index (χ0n) is 8.36. The van der Waals surface area contributed by atoms with E-state index in [4.69, 9.17) is 0 Å². The minimum absolute atomic E-state index is 0.0441. The predicted octanol–water partition coefficient (Wildman–Crippen LogP) is 2.38. The molecule has 0 bridgehead atoms. The Morgan fingerprint density at radius 2 is 2.14 bits per heavy atom. The molecule has 0 aromatic heterocycles. The molecule has 2 nitrogen and oxygen atoms in total. The van der Waals surface area contributed by atoms with E-state index in [-0.39, 0.29) is 11.9 Å². The largest absolute Gasteiger partial charge is 0.346 e. The summed E-state index contributed by atoms with van der Waals surface area (Å²) in [5.41, 5.74) is 0.688. The predicted molar refractivity (Wildman–Crippen MR) is 58.2 cm³/mol. The Kier molecular flexibility index (Phi) is 3.92. The highest BCUT2D eigenvalue weighted by molar-refractivity contribution is 5.94. The zero-order chi connectivity index (χ0) is 10.4. The van der Waals surface area contributed by atoms with Gasteiger partial charge in [0.05, 0.1) is 0 Å². The number of rotatable bonds is 4. The van der Waals surface area contributed by atoms with Crippen molar-refractivity contribution in [2.75, 3.05) is 0 Å². The summed E-state index contributed by atoms with van der Waals surface area (Å²) in [4.78, 5) is 11.6. The fourth-order valence-corrected chi connectivity index (χ4v) is 1.17. The van der Waals surface area contributed by atoms with Crippen molar-refractivity contribution in [2.45, 2.75) is 19.4 Å². The smallest absolute Gasteiger partial charge is 0.251 e. The second-order valence-corrected chi connectivity index (χ2v) is 3.09. The number of hydrogen-bond acceptors (Lipinski definition) is 1. The topological polar surface area (TPSA) is 29.1 Å². The van der Waals surface area contributed by atoms with Crippen molar-refractivity contribution in [3.05, 3.63) is 48.6 Å². The Morgan fingerprint density at radius 3 is 2.64 bits per heavy atom. The number of hydrogen-bond donors (Lipinski definition) is 1. The van der Waals surface area contributed by atoms with E-state index in [1.807, 2.05) is 25.1 Å². The maximum atomic E-state index is 11.6. The van der Waals surface area contributed by atoms with Crippen molar-refractivity contribution in [2.24, 2.45) is 0 Å². The molecule has 1 amide bonds. The van der Waals surface area contributed by atoms with E-state index in [9.17, 15) is 4.79 Å². The van der Waals surface area contributed by atoms with Gasteiger partial charge in [-0.2, -0.15) is 0 Å². The van der Waals surface area contributed by atoms with Gasteiger partial charge < -0.3 is 5.32 Å². The summed E-state index contributed by atoms with van der Waals surface area (Å²) >= 11 is 0. The van der Waals surface area contributed by atoms with Gasteiger partial charge in [-0.3, -0.25) is 4.79 Å². The minimum Gasteiger partial charge on any atom is -0.346 e. The normalized spacial score (nSPS) is 11.8. The van der Waals surface area contributed by atoms with Crippen LogP contribution >= 0.6 is 0 Å². The van der Waals surface area contributed by atoms with Gasteiger partial charge in [0.1, 0.15) is 0 Å². The van der Waals surface area contributed by atoms with Crippen LogP contribution in [0.5, 0.6) is 0 Å². The van der Waals surface area contributed by atoms with Gasteiger partial charge >= 0.3 is 0 Å². The lowest BCUT2D eigenvalue weighted by atomic mass is 10.1. The van der Waals surface area contributed by atoms with Crippen LogP contribution in [-0.2, 0) is 0 Å². The molecule has 0 saturated heterocycles. The Morgan fingerprint density at radius 1 is 1.50 bits per heavy atom. The molecule has 74 valence electrons. The first-order valence-electron chi connectivity index (χ1n) is 4.76. The summed E-state index contributed by atoms with van der Waals surface area (Å²) in [6, 6.07) is 9.24. The van der Waals surface area contributed by atoms with E-state index in [0.717, 1.165) is 6.42 Å². The maximum absolute atomic E-state index is 11.6. The molecule has 1 unspecified atom stereocenters. The van der Waals surface area contributed by atoms with Gasteiger partial charge in [0, 0.05) is 11.6 Å². The number of amides is 1. The molecule has 0 aliphatic rings. The Bertz CT molecular complexity index is 305. The van der Waals surface area contributed by atoms with Crippen LogP contribution in [-0.4, -0.2) is 11.9 Å². The highest BCUT2D eigenvalue weighted by Gasteiger charge is 2.07. The van der Waals surface area contributed by atoms with Gasteiger partial charge in [0.15, 0.2) is 0 Å². The quantitative estimate of drug-likeness (QED) is 0.724.